The molecular formula is C20H15Cl2FN2O4. The predicted molar refractivity (Wildman–Crippen MR) is 107 cm³/mol. The summed E-state index contributed by atoms with van der Waals surface area (Å²) < 4.78 is 20.3. The lowest BCUT2D eigenvalue weighted by molar-refractivity contribution is 0.0695. The van der Waals surface area contributed by atoms with Gasteiger partial charge in [0.1, 0.15) is 12.2 Å². The fourth-order valence-corrected chi connectivity index (χ4v) is 3.16. The maximum Gasteiger partial charge on any atom is 0.341 e. The van der Waals surface area contributed by atoms with Gasteiger partial charge in [-0.15, -0.1) is 0 Å². The van der Waals surface area contributed by atoms with Crippen molar-refractivity contribution < 1.29 is 19.0 Å². The lowest BCUT2D eigenvalue weighted by atomic mass is 10.0. The molecule has 3 aromatic rings. The average molecular weight is 437 g/mol. The summed E-state index contributed by atoms with van der Waals surface area (Å²) in [5, 5.41) is 10.1. The van der Waals surface area contributed by atoms with Gasteiger partial charge in [0.2, 0.25) is 11.4 Å². The summed E-state index contributed by atoms with van der Waals surface area (Å²) in [6, 6.07) is 8.40. The second-order valence-electron chi connectivity index (χ2n) is 6.03. The van der Waals surface area contributed by atoms with Gasteiger partial charge in [-0.25, -0.2) is 9.78 Å². The van der Waals surface area contributed by atoms with E-state index in [9.17, 15) is 19.1 Å². The minimum atomic E-state index is -1.37. The third-order valence-corrected chi connectivity index (χ3v) is 4.91. The Morgan fingerprint density at radius 1 is 1.21 bits per heavy atom. The van der Waals surface area contributed by atoms with Crippen molar-refractivity contribution in [2.45, 2.75) is 20.1 Å². The summed E-state index contributed by atoms with van der Waals surface area (Å²) in [4.78, 5) is 27.9. The highest BCUT2D eigenvalue weighted by atomic mass is 35.5. The maximum absolute atomic E-state index is 13.0. The number of carbonyl (C=O) groups is 1. The van der Waals surface area contributed by atoms with Crippen LogP contribution in [0.1, 0.15) is 22.8 Å². The monoisotopic (exact) mass is 436 g/mol. The molecular weight excluding hydrogens is 422 g/mol. The van der Waals surface area contributed by atoms with Gasteiger partial charge >= 0.3 is 5.97 Å². The normalized spacial score (nSPS) is 10.8. The number of rotatable bonds is 6. The first-order valence-electron chi connectivity index (χ1n) is 8.51. The van der Waals surface area contributed by atoms with Crippen LogP contribution in [0.5, 0.6) is 5.88 Å². The maximum atomic E-state index is 13.0. The molecule has 2 heterocycles. The zero-order valence-corrected chi connectivity index (χ0v) is 16.7. The van der Waals surface area contributed by atoms with Crippen LogP contribution in [0.25, 0.3) is 11.3 Å². The lowest BCUT2D eigenvalue weighted by Gasteiger charge is -2.20. The van der Waals surface area contributed by atoms with Crippen LogP contribution in [-0.4, -0.2) is 20.6 Å². The third-order valence-electron chi connectivity index (χ3n) is 4.17. The highest BCUT2D eigenvalue weighted by Gasteiger charge is 2.23. The molecule has 0 aliphatic rings. The van der Waals surface area contributed by atoms with E-state index >= 15 is 0 Å². The molecule has 9 heteroatoms. The van der Waals surface area contributed by atoms with E-state index in [0.717, 1.165) is 6.07 Å². The van der Waals surface area contributed by atoms with Gasteiger partial charge in [0, 0.05) is 29.9 Å². The molecule has 0 unspecified atom stereocenters. The van der Waals surface area contributed by atoms with Gasteiger partial charge in [0.05, 0.1) is 15.7 Å². The van der Waals surface area contributed by atoms with Crippen molar-refractivity contribution in [2.75, 3.05) is 0 Å². The zero-order chi connectivity index (χ0) is 21.1. The third kappa shape index (κ3) is 4.41. The quantitative estimate of drug-likeness (QED) is 0.568. The van der Waals surface area contributed by atoms with Crippen LogP contribution in [0.2, 0.25) is 10.0 Å². The number of pyridine rings is 2. The second kappa shape index (κ2) is 8.63. The van der Waals surface area contributed by atoms with Gasteiger partial charge in [-0.05, 0) is 31.2 Å². The number of hydrogen-bond donors (Lipinski definition) is 1. The minimum absolute atomic E-state index is 0.0138. The molecule has 0 atom stereocenters. The highest BCUT2D eigenvalue weighted by molar-refractivity contribution is 6.42. The van der Waals surface area contributed by atoms with Crippen LogP contribution in [-0.2, 0) is 13.2 Å². The minimum Gasteiger partial charge on any atom is -0.477 e. The first-order chi connectivity index (χ1) is 13.8. The molecule has 150 valence electrons. The molecule has 0 saturated carbocycles. The fraction of sp³-hybridized carbons (Fsp3) is 0.150. The Morgan fingerprint density at radius 2 is 1.97 bits per heavy atom. The molecule has 3 rings (SSSR count). The number of carboxylic acids is 1. The average Bonchev–Trinajstić information content (AvgIpc) is 2.68. The molecule has 29 heavy (non-hydrogen) atoms. The van der Waals surface area contributed by atoms with Crippen molar-refractivity contribution in [3.63, 3.8) is 0 Å². The molecule has 0 bridgehead atoms. The molecule has 0 aliphatic carbocycles. The van der Waals surface area contributed by atoms with Crippen molar-refractivity contribution in [2.24, 2.45) is 0 Å². The number of aromatic carboxylic acids is 1. The van der Waals surface area contributed by atoms with Gasteiger partial charge in [-0.3, -0.25) is 4.79 Å². The van der Waals surface area contributed by atoms with Crippen LogP contribution in [0.4, 0.5) is 4.39 Å². The number of hydrogen-bond acceptors (Lipinski definition) is 4. The summed E-state index contributed by atoms with van der Waals surface area (Å²) in [7, 11) is 0. The zero-order valence-electron chi connectivity index (χ0n) is 15.2. The van der Waals surface area contributed by atoms with Crippen molar-refractivity contribution in [3.05, 3.63) is 79.9 Å². The van der Waals surface area contributed by atoms with Gasteiger partial charge in [-0.2, -0.15) is 4.39 Å². The number of nitrogens with zero attached hydrogens (tertiary/aromatic N) is 2. The Bertz CT molecular complexity index is 1130. The van der Waals surface area contributed by atoms with Crippen molar-refractivity contribution >= 4 is 29.2 Å². The molecule has 1 aromatic carbocycles. The Hall–Kier alpha value is -2.90. The van der Waals surface area contributed by atoms with E-state index in [2.05, 4.69) is 4.98 Å². The largest absolute Gasteiger partial charge is 0.477 e. The first kappa shape index (κ1) is 20.8. The van der Waals surface area contributed by atoms with Gasteiger partial charge in [0.25, 0.3) is 0 Å². The topological polar surface area (TPSA) is 81.4 Å². The standard InChI is InChI=1S/C20H15Cl2FN2O4/c1-2-25-17(29-10-11-3-6-16(23)24-9-11)8-15(26)18(20(27)28)19(25)12-4-5-13(21)14(22)7-12/h3-9H,2,10H2,1H3,(H,27,28). The van der Waals surface area contributed by atoms with E-state index in [1.165, 1.54) is 30.5 Å². The van der Waals surface area contributed by atoms with Crippen molar-refractivity contribution in [1.82, 2.24) is 9.55 Å². The van der Waals surface area contributed by atoms with Crippen LogP contribution in [0, 0.1) is 5.95 Å². The molecule has 0 spiro atoms. The summed E-state index contributed by atoms with van der Waals surface area (Å²) in [5.41, 5.74) is 0.0272. The van der Waals surface area contributed by atoms with E-state index < -0.39 is 22.9 Å². The first-order valence-corrected chi connectivity index (χ1v) is 9.27. The Labute approximate surface area is 175 Å². The summed E-state index contributed by atoms with van der Waals surface area (Å²) >= 11 is 12.1. The van der Waals surface area contributed by atoms with Crippen molar-refractivity contribution in [1.29, 1.82) is 0 Å². The summed E-state index contributed by atoms with van der Waals surface area (Å²) in [6.07, 6.45) is 1.31. The Morgan fingerprint density at radius 3 is 2.55 bits per heavy atom. The summed E-state index contributed by atoms with van der Waals surface area (Å²) in [5.74, 6) is -1.83. The molecule has 0 radical (unpaired) electrons. The number of benzene rings is 1. The van der Waals surface area contributed by atoms with Crippen molar-refractivity contribution in [3.8, 4) is 17.1 Å². The second-order valence-corrected chi connectivity index (χ2v) is 6.84. The van der Waals surface area contributed by atoms with E-state index in [1.54, 1.807) is 17.6 Å². The molecule has 1 N–H and O–H groups in total. The van der Waals surface area contributed by atoms with E-state index in [-0.39, 0.29) is 23.2 Å². The van der Waals surface area contributed by atoms with Gasteiger partial charge < -0.3 is 14.4 Å². The fourth-order valence-electron chi connectivity index (χ4n) is 2.86. The molecule has 0 amide bonds. The Balaban J connectivity index is 2.14. The van der Waals surface area contributed by atoms with Gasteiger partial charge in [0.15, 0.2) is 5.88 Å². The molecule has 0 saturated heterocycles. The van der Waals surface area contributed by atoms with E-state index in [0.29, 0.717) is 22.7 Å². The number of aromatic nitrogens is 2. The highest BCUT2D eigenvalue weighted by Crippen LogP contribution is 2.32. The van der Waals surface area contributed by atoms with Gasteiger partial charge in [-0.1, -0.05) is 29.3 Å². The van der Waals surface area contributed by atoms with E-state index in [4.69, 9.17) is 27.9 Å². The number of carboxylic acid groups (broad SMARTS) is 1. The molecule has 0 aliphatic heterocycles. The lowest BCUT2D eigenvalue weighted by Crippen LogP contribution is -2.22. The van der Waals surface area contributed by atoms with Crippen LogP contribution >= 0.6 is 23.2 Å². The predicted octanol–water partition coefficient (Wildman–Crippen LogP) is 4.65. The molecule has 0 fully saturated rings. The Kier molecular flexibility index (Phi) is 6.20. The summed E-state index contributed by atoms with van der Waals surface area (Å²) in [6.45, 7) is 2.11. The SMILES string of the molecule is CCn1c(OCc2ccc(F)nc2)cc(=O)c(C(=O)O)c1-c1ccc(Cl)c(Cl)c1. The van der Waals surface area contributed by atoms with Crippen LogP contribution < -0.4 is 10.2 Å². The van der Waals surface area contributed by atoms with E-state index in [1.807, 2.05) is 0 Å². The van der Waals surface area contributed by atoms with Crippen LogP contribution in [0.3, 0.4) is 0 Å². The smallest absolute Gasteiger partial charge is 0.341 e. The number of ether oxygens (including phenoxy) is 1. The molecule has 6 nitrogen and oxygen atoms in total. The number of halogens is 3. The van der Waals surface area contributed by atoms with Crippen LogP contribution in [0.15, 0.2) is 47.4 Å². The molecule has 2 aromatic heterocycles.